The molecular formula is C21H23Cl2N5OS. The lowest BCUT2D eigenvalue weighted by atomic mass is 10.2. The van der Waals surface area contributed by atoms with E-state index in [1.807, 2.05) is 55.4 Å². The largest absolute Gasteiger partial charge is 0.337 e. The lowest BCUT2D eigenvalue weighted by molar-refractivity contribution is -0.131. The van der Waals surface area contributed by atoms with Gasteiger partial charge in [-0.1, -0.05) is 35.0 Å². The van der Waals surface area contributed by atoms with Crippen molar-refractivity contribution in [3.8, 4) is 17.1 Å². The van der Waals surface area contributed by atoms with Crippen LogP contribution >= 0.6 is 35.0 Å². The average molecular weight is 464 g/mol. The molecule has 1 aromatic carbocycles. The van der Waals surface area contributed by atoms with Crippen LogP contribution in [0, 0.1) is 0 Å². The smallest absolute Gasteiger partial charge is 0.233 e. The van der Waals surface area contributed by atoms with E-state index in [0.29, 0.717) is 21.0 Å². The fourth-order valence-corrected chi connectivity index (χ4v) is 4.39. The summed E-state index contributed by atoms with van der Waals surface area (Å²) in [6.07, 6.45) is 3.42. The fraction of sp³-hybridized carbons (Fsp3) is 0.333. The second-order valence-corrected chi connectivity index (χ2v) is 9.02. The van der Waals surface area contributed by atoms with Crippen molar-refractivity contribution in [2.75, 3.05) is 5.75 Å². The highest BCUT2D eigenvalue weighted by Gasteiger charge is 2.23. The molecular weight excluding hydrogens is 441 g/mol. The fourth-order valence-electron chi connectivity index (χ4n) is 3.28. The maximum Gasteiger partial charge on any atom is 0.233 e. The summed E-state index contributed by atoms with van der Waals surface area (Å²) >= 11 is 13.7. The minimum absolute atomic E-state index is 0.0524. The van der Waals surface area contributed by atoms with Crippen molar-refractivity contribution in [1.82, 2.24) is 24.6 Å². The molecule has 6 nitrogen and oxygen atoms in total. The highest BCUT2D eigenvalue weighted by Crippen LogP contribution is 2.31. The van der Waals surface area contributed by atoms with Gasteiger partial charge in [0, 0.05) is 30.0 Å². The number of nitrogens with zero attached hydrogens (tertiary/aromatic N) is 5. The normalized spacial score (nSPS) is 11.3. The van der Waals surface area contributed by atoms with Gasteiger partial charge in [0.2, 0.25) is 5.91 Å². The van der Waals surface area contributed by atoms with Crippen LogP contribution in [0.4, 0.5) is 0 Å². The number of carbonyl (C=O) groups is 1. The van der Waals surface area contributed by atoms with Crippen molar-refractivity contribution in [1.29, 1.82) is 0 Å². The lowest BCUT2D eigenvalue weighted by Gasteiger charge is -2.30. The van der Waals surface area contributed by atoms with Crippen LogP contribution in [0.5, 0.6) is 0 Å². The van der Waals surface area contributed by atoms with Gasteiger partial charge in [-0.05, 0) is 58.0 Å². The predicted molar refractivity (Wildman–Crippen MR) is 122 cm³/mol. The van der Waals surface area contributed by atoms with Crippen LogP contribution in [0.25, 0.3) is 17.1 Å². The number of carbonyl (C=O) groups excluding carboxylic acids is 1. The number of aromatic nitrogens is 4. The Balaban J connectivity index is 1.98. The van der Waals surface area contributed by atoms with Gasteiger partial charge in [0.1, 0.15) is 0 Å². The van der Waals surface area contributed by atoms with E-state index in [9.17, 15) is 4.79 Å². The highest BCUT2D eigenvalue weighted by molar-refractivity contribution is 7.99. The summed E-state index contributed by atoms with van der Waals surface area (Å²) in [5, 5.41) is 10.2. The standard InChI is InChI=1S/C21H23Cl2N5OS/c1-13(2)27(14(3)4)19(29)12-30-21-26-25-20(15-6-5-9-24-11-15)28(21)16-7-8-17(22)18(23)10-16/h5-11,13-14H,12H2,1-4H3. The summed E-state index contributed by atoms with van der Waals surface area (Å²) in [6, 6.07) is 9.32. The topological polar surface area (TPSA) is 63.9 Å². The zero-order valence-electron chi connectivity index (χ0n) is 17.2. The molecule has 3 aromatic rings. The summed E-state index contributed by atoms with van der Waals surface area (Å²) < 4.78 is 1.87. The minimum atomic E-state index is 0.0524. The van der Waals surface area contributed by atoms with Gasteiger partial charge in [-0.15, -0.1) is 10.2 Å². The maximum atomic E-state index is 12.8. The van der Waals surface area contributed by atoms with E-state index in [1.54, 1.807) is 24.5 Å². The number of thioether (sulfide) groups is 1. The van der Waals surface area contributed by atoms with Gasteiger partial charge >= 0.3 is 0 Å². The molecule has 0 atom stereocenters. The first kappa shape index (κ1) is 22.6. The molecule has 1 amide bonds. The van der Waals surface area contributed by atoms with Gasteiger partial charge in [0.25, 0.3) is 0 Å². The van der Waals surface area contributed by atoms with Gasteiger partial charge in [-0.3, -0.25) is 14.3 Å². The van der Waals surface area contributed by atoms with Crippen LogP contribution in [-0.2, 0) is 4.79 Å². The Labute approximate surface area is 190 Å². The van der Waals surface area contributed by atoms with Crippen LogP contribution in [0.15, 0.2) is 47.9 Å². The van der Waals surface area contributed by atoms with Crippen LogP contribution in [0.1, 0.15) is 27.7 Å². The lowest BCUT2D eigenvalue weighted by Crippen LogP contribution is -2.43. The zero-order chi connectivity index (χ0) is 21.8. The zero-order valence-corrected chi connectivity index (χ0v) is 19.5. The van der Waals surface area contributed by atoms with Crippen molar-refractivity contribution >= 4 is 40.9 Å². The second kappa shape index (κ2) is 9.81. The molecule has 0 N–H and O–H groups in total. The Bertz CT molecular complexity index is 1020. The second-order valence-electron chi connectivity index (χ2n) is 7.26. The molecule has 0 unspecified atom stereocenters. The van der Waals surface area contributed by atoms with E-state index >= 15 is 0 Å². The van der Waals surface area contributed by atoms with Crippen LogP contribution in [-0.4, -0.2) is 48.4 Å². The molecule has 0 aliphatic heterocycles. The van der Waals surface area contributed by atoms with Crippen molar-refractivity contribution in [2.24, 2.45) is 0 Å². The minimum Gasteiger partial charge on any atom is -0.337 e. The van der Waals surface area contributed by atoms with Gasteiger partial charge in [-0.2, -0.15) is 0 Å². The molecule has 9 heteroatoms. The Morgan fingerprint density at radius 3 is 2.43 bits per heavy atom. The molecule has 0 spiro atoms. The van der Waals surface area contributed by atoms with Crippen molar-refractivity contribution < 1.29 is 4.79 Å². The van der Waals surface area contributed by atoms with E-state index in [-0.39, 0.29) is 23.7 Å². The average Bonchev–Trinajstić information content (AvgIpc) is 3.12. The third kappa shape index (κ3) is 4.96. The molecule has 158 valence electrons. The molecule has 0 aliphatic rings. The van der Waals surface area contributed by atoms with Crippen molar-refractivity contribution in [3.05, 3.63) is 52.8 Å². The van der Waals surface area contributed by atoms with Gasteiger partial charge in [0.05, 0.1) is 21.5 Å². The Kier molecular flexibility index (Phi) is 7.39. The van der Waals surface area contributed by atoms with E-state index < -0.39 is 0 Å². The molecule has 0 aliphatic carbocycles. The molecule has 30 heavy (non-hydrogen) atoms. The number of benzene rings is 1. The highest BCUT2D eigenvalue weighted by atomic mass is 35.5. The van der Waals surface area contributed by atoms with E-state index in [4.69, 9.17) is 23.2 Å². The SMILES string of the molecule is CC(C)N(C(=O)CSc1nnc(-c2cccnc2)n1-c1ccc(Cl)c(Cl)c1)C(C)C. The number of halogens is 2. The third-order valence-electron chi connectivity index (χ3n) is 4.44. The van der Waals surface area contributed by atoms with E-state index in [1.165, 1.54) is 11.8 Å². The molecule has 0 saturated carbocycles. The van der Waals surface area contributed by atoms with Gasteiger partial charge in [-0.25, -0.2) is 0 Å². The first-order valence-electron chi connectivity index (χ1n) is 9.54. The molecule has 0 radical (unpaired) electrons. The molecule has 2 aromatic heterocycles. The predicted octanol–water partition coefficient (Wildman–Crippen LogP) is 5.37. The number of pyridine rings is 1. The quantitative estimate of drug-likeness (QED) is 0.440. The monoisotopic (exact) mass is 463 g/mol. The summed E-state index contributed by atoms with van der Waals surface area (Å²) in [6.45, 7) is 8.06. The number of hydrogen-bond acceptors (Lipinski definition) is 5. The molecule has 3 rings (SSSR count). The summed E-state index contributed by atoms with van der Waals surface area (Å²) in [5.74, 6) is 0.917. The Hall–Kier alpha value is -2.09. The first-order valence-corrected chi connectivity index (χ1v) is 11.3. The van der Waals surface area contributed by atoms with E-state index in [0.717, 1.165) is 11.3 Å². The number of amides is 1. The van der Waals surface area contributed by atoms with Crippen LogP contribution < -0.4 is 0 Å². The van der Waals surface area contributed by atoms with Crippen molar-refractivity contribution in [2.45, 2.75) is 44.9 Å². The molecule has 0 bridgehead atoms. The van der Waals surface area contributed by atoms with Crippen molar-refractivity contribution in [3.63, 3.8) is 0 Å². The van der Waals surface area contributed by atoms with Crippen LogP contribution in [0.2, 0.25) is 10.0 Å². The molecule has 2 heterocycles. The number of hydrogen-bond donors (Lipinski definition) is 0. The third-order valence-corrected chi connectivity index (χ3v) is 6.09. The summed E-state index contributed by atoms with van der Waals surface area (Å²) in [4.78, 5) is 18.9. The van der Waals surface area contributed by atoms with Gasteiger partial charge < -0.3 is 4.90 Å². The Morgan fingerprint density at radius 1 is 1.10 bits per heavy atom. The number of rotatable bonds is 7. The van der Waals surface area contributed by atoms with Gasteiger partial charge in [0.15, 0.2) is 11.0 Å². The van der Waals surface area contributed by atoms with Crippen LogP contribution in [0.3, 0.4) is 0 Å². The molecule has 0 saturated heterocycles. The van der Waals surface area contributed by atoms with E-state index in [2.05, 4.69) is 15.2 Å². The maximum absolute atomic E-state index is 12.8. The first-order chi connectivity index (χ1) is 14.3. The molecule has 0 fully saturated rings. The Morgan fingerprint density at radius 2 is 1.83 bits per heavy atom. The summed E-state index contributed by atoms with van der Waals surface area (Å²) in [5.41, 5.74) is 1.56. The summed E-state index contributed by atoms with van der Waals surface area (Å²) in [7, 11) is 0.